The molecule has 0 aliphatic rings. The number of hydrogen-bond donors (Lipinski definition) is 2. The van der Waals surface area contributed by atoms with Gasteiger partial charge in [-0.3, -0.25) is 4.90 Å². The van der Waals surface area contributed by atoms with Crippen molar-refractivity contribution in [3.8, 4) is 0 Å². The molecule has 0 rings (SSSR count). The summed E-state index contributed by atoms with van der Waals surface area (Å²) in [6.45, 7) is 13.4. The molecule has 17 heavy (non-hydrogen) atoms. The van der Waals surface area contributed by atoms with Crippen molar-refractivity contribution in [3.05, 3.63) is 0 Å². The third-order valence-corrected chi connectivity index (χ3v) is 4.19. The number of aliphatic hydroxyl groups excluding tert-OH is 1. The van der Waals surface area contributed by atoms with E-state index >= 15 is 0 Å². The van der Waals surface area contributed by atoms with Crippen LogP contribution in [0.5, 0.6) is 0 Å². The first kappa shape index (κ1) is 17.3. The van der Waals surface area contributed by atoms with E-state index in [1.165, 1.54) is 0 Å². The van der Waals surface area contributed by atoms with Crippen LogP contribution >= 0.6 is 12.6 Å². The SMILES string of the molecule is CCC(CC)N(CCO)CC(CS)C(C)(C)C. The molecule has 1 N–H and O–H groups in total. The van der Waals surface area contributed by atoms with Gasteiger partial charge >= 0.3 is 0 Å². The zero-order chi connectivity index (χ0) is 13.5. The maximum absolute atomic E-state index is 9.20. The summed E-state index contributed by atoms with van der Waals surface area (Å²) in [6.07, 6.45) is 2.31. The van der Waals surface area contributed by atoms with Crippen molar-refractivity contribution in [3.63, 3.8) is 0 Å². The number of hydrogen-bond acceptors (Lipinski definition) is 3. The first-order chi connectivity index (χ1) is 7.90. The normalized spacial score (nSPS) is 14.6. The van der Waals surface area contributed by atoms with E-state index < -0.39 is 0 Å². The van der Waals surface area contributed by atoms with E-state index in [1.54, 1.807) is 0 Å². The van der Waals surface area contributed by atoms with Crippen LogP contribution in [-0.2, 0) is 0 Å². The summed E-state index contributed by atoms with van der Waals surface area (Å²) in [5, 5.41) is 9.20. The van der Waals surface area contributed by atoms with Crippen LogP contribution in [-0.4, -0.2) is 41.5 Å². The van der Waals surface area contributed by atoms with Gasteiger partial charge in [-0.1, -0.05) is 34.6 Å². The molecule has 0 aromatic heterocycles. The Morgan fingerprint density at radius 3 is 2.00 bits per heavy atom. The van der Waals surface area contributed by atoms with Gasteiger partial charge in [-0.05, 0) is 29.9 Å². The Balaban J connectivity index is 4.60. The summed E-state index contributed by atoms with van der Waals surface area (Å²) in [4.78, 5) is 2.44. The summed E-state index contributed by atoms with van der Waals surface area (Å²) in [6, 6.07) is 0.590. The van der Waals surface area contributed by atoms with Crippen LogP contribution in [0.2, 0.25) is 0 Å². The van der Waals surface area contributed by atoms with Gasteiger partial charge in [0.1, 0.15) is 0 Å². The van der Waals surface area contributed by atoms with E-state index in [4.69, 9.17) is 0 Å². The molecule has 2 nitrogen and oxygen atoms in total. The molecule has 0 saturated carbocycles. The number of nitrogens with zero attached hydrogens (tertiary/aromatic N) is 1. The first-order valence-corrected chi connectivity index (χ1v) is 7.49. The molecule has 3 heteroatoms. The van der Waals surface area contributed by atoms with Crippen LogP contribution in [0, 0.1) is 11.3 Å². The lowest BCUT2D eigenvalue weighted by atomic mass is 9.81. The molecule has 0 bridgehead atoms. The Hall–Kier alpha value is 0.270. The van der Waals surface area contributed by atoms with E-state index in [-0.39, 0.29) is 12.0 Å². The average Bonchev–Trinajstić information content (AvgIpc) is 2.25. The van der Waals surface area contributed by atoms with Gasteiger partial charge in [0.2, 0.25) is 0 Å². The Labute approximate surface area is 113 Å². The number of thiol groups is 1. The maximum Gasteiger partial charge on any atom is 0.0558 e. The van der Waals surface area contributed by atoms with Gasteiger partial charge in [0.05, 0.1) is 6.61 Å². The molecular formula is C14H31NOS. The van der Waals surface area contributed by atoms with Gasteiger partial charge < -0.3 is 5.11 Å². The van der Waals surface area contributed by atoms with Crippen LogP contribution in [0.25, 0.3) is 0 Å². The standard InChI is InChI=1S/C14H31NOS/c1-6-13(7-2)15(8-9-16)10-12(11-17)14(3,4)5/h12-13,16-17H,6-11H2,1-5H3. The lowest BCUT2D eigenvalue weighted by Crippen LogP contribution is -2.43. The summed E-state index contributed by atoms with van der Waals surface area (Å²) in [5.74, 6) is 1.48. The van der Waals surface area contributed by atoms with Gasteiger partial charge in [0.15, 0.2) is 0 Å². The molecule has 0 radical (unpaired) electrons. The van der Waals surface area contributed by atoms with Gasteiger partial charge in [-0.25, -0.2) is 0 Å². The van der Waals surface area contributed by atoms with Crippen molar-refractivity contribution in [1.82, 2.24) is 4.90 Å². The third kappa shape index (κ3) is 6.12. The second-order valence-electron chi connectivity index (χ2n) is 5.93. The highest BCUT2D eigenvalue weighted by atomic mass is 32.1. The van der Waals surface area contributed by atoms with E-state index in [1.807, 2.05) is 0 Å². The maximum atomic E-state index is 9.20. The fourth-order valence-electron chi connectivity index (χ4n) is 2.24. The molecular weight excluding hydrogens is 230 g/mol. The predicted octanol–water partition coefficient (Wildman–Crippen LogP) is 3.06. The topological polar surface area (TPSA) is 23.5 Å². The van der Waals surface area contributed by atoms with Gasteiger partial charge in [0.25, 0.3) is 0 Å². The average molecular weight is 261 g/mol. The van der Waals surface area contributed by atoms with Crippen molar-refractivity contribution >= 4 is 12.6 Å². The molecule has 0 aliphatic heterocycles. The van der Waals surface area contributed by atoms with E-state index in [9.17, 15) is 5.11 Å². The lowest BCUT2D eigenvalue weighted by Gasteiger charge is -2.38. The highest BCUT2D eigenvalue weighted by molar-refractivity contribution is 7.80. The minimum atomic E-state index is 0.250. The smallest absolute Gasteiger partial charge is 0.0558 e. The first-order valence-electron chi connectivity index (χ1n) is 6.86. The van der Waals surface area contributed by atoms with Crippen LogP contribution in [0.1, 0.15) is 47.5 Å². The van der Waals surface area contributed by atoms with Crippen molar-refractivity contribution in [2.45, 2.75) is 53.5 Å². The molecule has 0 amide bonds. The number of aliphatic hydroxyl groups is 1. The molecule has 0 aromatic rings. The third-order valence-electron chi connectivity index (χ3n) is 3.75. The Morgan fingerprint density at radius 1 is 1.18 bits per heavy atom. The van der Waals surface area contributed by atoms with Gasteiger partial charge in [-0.2, -0.15) is 12.6 Å². The highest BCUT2D eigenvalue weighted by Gasteiger charge is 2.27. The van der Waals surface area contributed by atoms with Gasteiger partial charge in [-0.15, -0.1) is 0 Å². The molecule has 1 atom stereocenters. The zero-order valence-electron chi connectivity index (χ0n) is 12.2. The van der Waals surface area contributed by atoms with Crippen molar-refractivity contribution in [1.29, 1.82) is 0 Å². The summed E-state index contributed by atoms with van der Waals surface area (Å²) < 4.78 is 0. The molecule has 0 spiro atoms. The Bertz CT molecular complexity index is 187. The summed E-state index contributed by atoms with van der Waals surface area (Å²) >= 11 is 4.49. The fraction of sp³-hybridized carbons (Fsp3) is 1.00. The molecule has 0 saturated heterocycles. The molecule has 0 aliphatic carbocycles. The monoisotopic (exact) mass is 261 g/mol. The van der Waals surface area contributed by atoms with Crippen molar-refractivity contribution in [2.24, 2.45) is 11.3 Å². The summed E-state index contributed by atoms with van der Waals surface area (Å²) in [5.41, 5.74) is 0.279. The van der Waals surface area contributed by atoms with Crippen LogP contribution in [0.3, 0.4) is 0 Å². The fourth-order valence-corrected chi connectivity index (χ4v) is 2.91. The van der Waals surface area contributed by atoms with Crippen LogP contribution in [0.4, 0.5) is 0 Å². The van der Waals surface area contributed by atoms with E-state index in [2.05, 4.69) is 52.1 Å². The minimum Gasteiger partial charge on any atom is -0.395 e. The Kier molecular flexibility index (Phi) is 8.52. The Morgan fingerprint density at radius 2 is 1.71 bits per heavy atom. The quantitative estimate of drug-likeness (QED) is 0.656. The molecule has 0 heterocycles. The van der Waals surface area contributed by atoms with Crippen molar-refractivity contribution in [2.75, 3.05) is 25.4 Å². The van der Waals surface area contributed by atoms with Crippen LogP contribution < -0.4 is 0 Å². The van der Waals surface area contributed by atoms with E-state index in [0.717, 1.165) is 31.7 Å². The summed E-state index contributed by atoms with van der Waals surface area (Å²) in [7, 11) is 0. The highest BCUT2D eigenvalue weighted by Crippen LogP contribution is 2.28. The molecule has 104 valence electrons. The lowest BCUT2D eigenvalue weighted by molar-refractivity contribution is 0.0977. The van der Waals surface area contributed by atoms with Crippen molar-refractivity contribution < 1.29 is 5.11 Å². The second-order valence-corrected chi connectivity index (χ2v) is 6.30. The largest absolute Gasteiger partial charge is 0.395 e. The zero-order valence-corrected chi connectivity index (χ0v) is 13.1. The van der Waals surface area contributed by atoms with E-state index in [0.29, 0.717) is 12.0 Å². The van der Waals surface area contributed by atoms with Crippen LogP contribution in [0.15, 0.2) is 0 Å². The number of rotatable bonds is 8. The molecule has 0 fully saturated rings. The molecule has 1 unspecified atom stereocenters. The predicted molar refractivity (Wildman–Crippen MR) is 79.8 cm³/mol. The minimum absolute atomic E-state index is 0.250. The van der Waals surface area contributed by atoms with Gasteiger partial charge in [0, 0.05) is 19.1 Å². The second kappa shape index (κ2) is 8.39. The molecule has 0 aromatic carbocycles.